The highest BCUT2D eigenvalue weighted by atomic mass is 32.2. The smallest absolute Gasteiger partial charge is 0.237 e. The van der Waals surface area contributed by atoms with Gasteiger partial charge >= 0.3 is 0 Å². The van der Waals surface area contributed by atoms with Crippen LogP contribution in [0, 0.1) is 13.8 Å². The molecule has 0 aliphatic heterocycles. The molecule has 6 nitrogen and oxygen atoms in total. The molecule has 24 heavy (non-hydrogen) atoms. The van der Waals surface area contributed by atoms with Crippen molar-refractivity contribution in [2.75, 3.05) is 11.1 Å². The van der Waals surface area contributed by atoms with E-state index < -0.39 is 0 Å². The SMILES string of the molecule is C=C(C)CSc1nnc(S[C@@H](C)C(=O)Nc2c(C)nn(C)c2C)s1. The summed E-state index contributed by atoms with van der Waals surface area (Å²) in [5, 5.41) is 15.3. The third-order valence-corrected chi connectivity index (χ3v) is 6.71. The van der Waals surface area contributed by atoms with Crippen molar-refractivity contribution in [3.63, 3.8) is 0 Å². The molecule has 9 heteroatoms. The molecule has 1 atom stereocenters. The zero-order chi connectivity index (χ0) is 17.9. The summed E-state index contributed by atoms with van der Waals surface area (Å²) in [5.74, 6) is 0.764. The van der Waals surface area contributed by atoms with E-state index in [-0.39, 0.29) is 11.2 Å². The molecular formula is C15H21N5OS3. The highest BCUT2D eigenvalue weighted by Gasteiger charge is 2.20. The molecule has 0 fully saturated rings. The number of rotatable bonds is 7. The zero-order valence-electron chi connectivity index (χ0n) is 14.4. The van der Waals surface area contributed by atoms with E-state index in [2.05, 4.69) is 27.2 Å². The molecule has 2 rings (SSSR count). The second kappa shape index (κ2) is 8.17. The van der Waals surface area contributed by atoms with Crippen LogP contribution in [0.4, 0.5) is 5.69 Å². The van der Waals surface area contributed by atoms with Crippen molar-refractivity contribution in [1.82, 2.24) is 20.0 Å². The van der Waals surface area contributed by atoms with Crippen molar-refractivity contribution in [3.05, 3.63) is 23.5 Å². The maximum Gasteiger partial charge on any atom is 0.237 e. The molecular weight excluding hydrogens is 362 g/mol. The molecule has 0 aromatic carbocycles. The predicted octanol–water partition coefficient (Wildman–Crippen LogP) is 3.68. The number of aromatic nitrogens is 4. The average molecular weight is 384 g/mol. The standard InChI is InChI=1S/C15H21N5OS3/c1-8(2)7-22-14-17-18-15(24-14)23-11(5)13(21)16-12-9(3)19-20(6)10(12)4/h11H,1,7H2,2-6H3,(H,16,21)/t11-/m0/s1. The summed E-state index contributed by atoms with van der Waals surface area (Å²) >= 11 is 4.53. The van der Waals surface area contributed by atoms with Crippen LogP contribution in [0.15, 0.2) is 20.8 Å². The van der Waals surface area contributed by atoms with Gasteiger partial charge in [-0.05, 0) is 27.7 Å². The lowest BCUT2D eigenvalue weighted by Crippen LogP contribution is -2.23. The molecule has 130 valence electrons. The van der Waals surface area contributed by atoms with Crippen molar-refractivity contribution in [1.29, 1.82) is 0 Å². The highest BCUT2D eigenvalue weighted by Crippen LogP contribution is 2.32. The third-order valence-electron chi connectivity index (χ3n) is 3.23. The number of carbonyl (C=O) groups is 1. The van der Waals surface area contributed by atoms with Gasteiger partial charge in [-0.1, -0.05) is 47.0 Å². The Balaban J connectivity index is 1.95. The van der Waals surface area contributed by atoms with Gasteiger partial charge in [-0.25, -0.2) is 0 Å². The van der Waals surface area contributed by atoms with Crippen LogP contribution in [0.2, 0.25) is 0 Å². The van der Waals surface area contributed by atoms with E-state index in [0.29, 0.717) is 0 Å². The zero-order valence-corrected chi connectivity index (χ0v) is 16.9. The van der Waals surface area contributed by atoms with Gasteiger partial charge in [0, 0.05) is 12.8 Å². The van der Waals surface area contributed by atoms with Gasteiger partial charge in [0.05, 0.1) is 22.3 Å². The average Bonchev–Trinajstić information content (AvgIpc) is 3.05. The summed E-state index contributed by atoms with van der Waals surface area (Å²) in [5.41, 5.74) is 3.63. The summed E-state index contributed by atoms with van der Waals surface area (Å²) < 4.78 is 3.45. The number of amides is 1. The number of carbonyl (C=O) groups excluding carboxylic acids is 1. The normalized spacial score (nSPS) is 12.2. The van der Waals surface area contributed by atoms with E-state index in [1.807, 2.05) is 34.7 Å². The Kier molecular flexibility index (Phi) is 6.47. The van der Waals surface area contributed by atoms with Gasteiger partial charge in [0.15, 0.2) is 8.68 Å². The maximum atomic E-state index is 12.4. The molecule has 2 aromatic rings. The molecule has 2 heterocycles. The number of hydrogen-bond acceptors (Lipinski definition) is 7. The first-order valence-electron chi connectivity index (χ1n) is 7.36. The Labute approximate surface area is 154 Å². The van der Waals surface area contributed by atoms with Crippen LogP contribution >= 0.6 is 34.9 Å². The van der Waals surface area contributed by atoms with E-state index in [0.717, 1.165) is 37.1 Å². The predicted molar refractivity (Wildman–Crippen MR) is 102 cm³/mol. The molecule has 0 saturated carbocycles. The minimum atomic E-state index is -0.268. The van der Waals surface area contributed by atoms with Crippen molar-refractivity contribution in [2.24, 2.45) is 7.05 Å². The number of nitrogens with one attached hydrogen (secondary N) is 1. The molecule has 0 saturated heterocycles. The molecule has 0 radical (unpaired) electrons. The second-order valence-corrected chi connectivity index (χ2v) is 9.29. The number of anilines is 1. The van der Waals surface area contributed by atoms with E-state index in [4.69, 9.17) is 0 Å². The lowest BCUT2D eigenvalue weighted by molar-refractivity contribution is -0.115. The Morgan fingerprint density at radius 1 is 1.38 bits per heavy atom. The minimum Gasteiger partial charge on any atom is -0.322 e. The fourth-order valence-corrected chi connectivity index (χ4v) is 4.88. The van der Waals surface area contributed by atoms with Crippen LogP contribution in [0.5, 0.6) is 0 Å². The molecule has 0 unspecified atom stereocenters. The van der Waals surface area contributed by atoms with Gasteiger partial charge < -0.3 is 5.32 Å². The molecule has 2 aromatic heterocycles. The topological polar surface area (TPSA) is 72.7 Å². The van der Waals surface area contributed by atoms with Crippen LogP contribution in [0.3, 0.4) is 0 Å². The molecule has 0 aliphatic carbocycles. The number of thioether (sulfide) groups is 2. The first-order chi connectivity index (χ1) is 11.3. The van der Waals surface area contributed by atoms with Crippen molar-refractivity contribution in [3.8, 4) is 0 Å². The van der Waals surface area contributed by atoms with Gasteiger partial charge in [0.2, 0.25) is 5.91 Å². The number of nitrogens with zero attached hydrogens (tertiary/aromatic N) is 4. The summed E-state index contributed by atoms with van der Waals surface area (Å²) in [6.07, 6.45) is 0. The Morgan fingerprint density at radius 3 is 2.62 bits per heavy atom. The monoisotopic (exact) mass is 383 g/mol. The largest absolute Gasteiger partial charge is 0.322 e. The van der Waals surface area contributed by atoms with Crippen LogP contribution in [-0.4, -0.2) is 36.9 Å². The van der Waals surface area contributed by atoms with Crippen molar-refractivity contribution >= 4 is 46.5 Å². The number of hydrogen-bond donors (Lipinski definition) is 1. The molecule has 0 aliphatic rings. The van der Waals surface area contributed by atoms with Gasteiger partial charge in [0.25, 0.3) is 0 Å². The van der Waals surface area contributed by atoms with Gasteiger partial charge in [-0.15, -0.1) is 10.2 Å². The third kappa shape index (κ3) is 4.84. The molecule has 0 bridgehead atoms. The molecule has 1 N–H and O–H groups in total. The maximum absolute atomic E-state index is 12.4. The first kappa shape index (κ1) is 19.0. The molecule has 1 amide bonds. The fourth-order valence-electron chi connectivity index (χ4n) is 1.87. The minimum absolute atomic E-state index is 0.0643. The fraction of sp³-hybridized carbons (Fsp3) is 0.467. The summed E-state index contributed by atoms with van der Waals surface area (Å²) in [6.45, 7) is 11.5. The van der Waals surface area contributed by atoms with Crippen LogP contribution in [0.25, 0.3) is 0 Å². The van der Waals surface area contributed by atoms with Crippen LogP contribution in [-0.2, 0) is 11.8 Å². The first-order valence-corrected chi connectivity index (χ1v) is 10.0. The van der Waals surface area contributed by atoms with E-state index in [9.17, 15) is 4.79 Å². The van der Waals surface area contributed by atoms with E-state index in [1.165, 1.54) is 23.1 Å². The van der Waals surface area contributed by atoms with Gasteiger partial charge in [0.1, 0.15) is 0 Å². The van der Waals surface area contributed by atoms with Gasteiger partial charge in [-0.2, -0.15) is 5.10 Å². The van der Waals surface area contributed by atoms with Gasteiger partial charge in [-0.3, -0.25) is 9.48 Å². The van der Waals surface area contributed by atoms with E-state index >= 15 is 0 Å². The number of aryl methyl sites for hydroxylation is 2. The van der Waals surface area contributed by atoms with Crippen LogP contribution < -0.4 is 5.32 Å². The van der Waals surface area contributed by atoms with Crippen molar-refractivity contribution < 1.29 is 4.79 Å². The summed E-state index contributed by atoms with van der Waals surface area (Å²) in [4.78, 5) is 12.4. The Bertz CT molecular complexity index is 752. The summed E-state index contributed by atoms with van der Waals surface area (Å²) in [7, 11) is 1.86. The quantitative estimate of drug-likeness (QED) is 0.581. The molecule has 0 spiro atoms. The van der Waals surface area contributed by atoms with E-state index in [1.54, 1.807) is 16.4 Å². The Hall–Kier alpha value is -1.32. The summed E-state index contributed by atoms with van der Waals surface area (Å²) in [6, 6.07) is 0. The lowest BCUT2D eigenvalue weighted by Gasteiger charge is -2.10. The Morgan fingerprint density at radius 2 is 2.04 bits per heavy atom. The van der Waals surface area contributed by atoms with Crippen molar-refractivity contribution in [2.45, 2.75) is 41.6 Å². The highest BCUT2D eigenvalue weighted by molar-refractivity contribution is 8.04. The lowest BCUT2D eigenvalue weighted by atomic mass is 10.3. The second-order valence-electron chi connectivity index (χ2n) is 5.50. The van der Waals surface area contributed by atoms with Crippen LogP contribution in [0.1, 0.15) is 25.2 Å².